The van der Waals surface area contributed by atoms with Crippen LogP contribution >= 0.6 is 11.3 Å². The van der Waals surface area contributed by atoms with Gasteiger partial charge in [-0.25, -0.2) is 9.97 Å². The molecule has 0 atom stereocenters. The molecule has 0 radical (unpaired) electrons. The van der Waals surface area contributed by atoms with Crippen LogP contribution in [-0.2, 0) is 0 Å². The van der Waals surface area contributed by atoms with Gasteiger partial charge in [-0.1, -0.05) is 0 Å². The van der Waals surface area contributed by atoms with Gasteiger partial charge in [0.1, 0.15) is 11.5 Å². The lowest BCUT2D eigenvalue weighted by Gasteiger charge is -2.02. The number of aryl methyl sites for hydroxylation is 1. The van der Waals surface area contributed by atoms with E-state index in [4.69, 9.17) is 0 Å². The highest BCUT2D eigenvalue weighted by molar-refractivity contribution is 7.15. The molecule has 7 heteroatoms. The number of hydrogen-bond acceptors (Lipinski definition) is 6. The summed E-state index contributed by atoms with van der Waals surface area (Å²) in [6.07, 6.45) is 4.66. The summed E-state index contributed by atoms with van der Waals surface area (Å²) in [4.78, 5) is 24.9. The molecule has 0 aromatic carbocycles. The van der Waals surface area contributed by atoms with Crippen molar-refractivity contribution in [2.75, 3.05) is 17.7 Å². The van der Waals surface area contributed by atoms with Gasteiger partial charge in [-0.05, 0) is 6.92 Å². The van der Waals surface area contributed by atoms with Gasteiger partial charge in [-0.15, -0.1) is 11.3 Å². The van der Waals surface area contributed by atoms with Crippen molar-refractivity contribution in [3.63, 3.8) is 0 Å². The van der Waals surface area contributed by atoms with Crippen LogP contribution in [0.3, 0.4) is 0 Å². The Morgan fingerprint density at radius 2 is 2.18 bits per heavy atom. The molecule has 2 aromatic heterocycles. The number of thiazole rings is 1. The van der Waals surface area contributed by atoms with Crippen molar-refractivity contribution in [3.05, 3.63) is 29.2 Å². The van der Waals surface area contributed by atoms with E-state index in [0.717, 1.165) is 4.88 Å². The monoisotopic (exact) mass is 249 g/mol. The largest absolute Gasteiger partial charge is 0.372 e. The van der Waals surface area contributed by atoms with Crippen molar-refractivity contribution < 1.29 is 4.79 Å². The molecule has 1 amide bonds. The highest BCUT2D eigenvalue weighted by Crippen LogP contribution is 2.17. The summed E-state index contributed by atoms with van der Waals surface area (Å²) >= 11 is 1.41. The first-order valence-electron chi connectivity index (χ1n) is 4.92. The van der Waals surface area contributed by atoms with Crippen LogP contribution in [0.1, 0.15) is 15.4 Å². The molecule has 0 aliphatic carbocycles. The zero-order valence-electron chi connectivity index (χ0n) is 9.39. The van der Waals surface area contributed by atoms with Gasteiger partial charge in [-0.2, -0.15) is 0 Å². The van der Waals surface area contributed by atoms with E-state index in [2.05, 4.69) is 25.6 Å². The highest BCUT2D eigenvalue weighted by Gasteiger charge is 2.10. The fourth-order valence-corrected chi connectivity index (χ4v) is 1.83. The number of carbonyl (C=O) groups is 1. The van der Waals surface area contributed by atoms with Crippen LogP contribution in [0.5, 0.6) is 0 Å². The summed E-state index contributed by atoms with van der Waals surface area (Å²) in [5, 5.41) is 6.05. The van der Waals surface area contributed by atoms with Crippen LogP contribution in [-0.4, -0.2) is 27.9 Å². The minimum atomic E-state index is -0.316. The molecular weight excluding hydrogens is 238 g/mol. The molecule has 2 aromatic rings. The Bertz CT molecular complexity index is 539. The summed E-state index contributed by atoms with van der Waals surface area (Å²) in [7, 11) is 1.72. The Hall–Kier alpha value is -2.02. The molecule has 2 N–H and O–H groups in total. The molecule has 2 heterocycles. The Labute approximate surface area is 102 Å². The molecule has 0 saturated heterocycles. The van der Waals surface area contributed by atoms with Crippen molar-refractivity contribution >= 4 is 28.2 Å². The Morgan fingerprint density at radius 1 is 1.35 bits per heavy atom. The fraction of sp³-hybridized carbons (Fsp3) is 0.200. The molecule has 0 spiro atoms. The molecule has 17 heavy (non-hydrogen) atoms. The van der Waals surface area contributed by atoms with Crippen LogP contribution in [0.25, 0.3) is 0 Å². The van der Waals surface area contributed by atoms with Gasteiger partial charge in [0.2, 0.25) is 0 Å². The molecule has 2 rings (SSSR count). The average molecular weight is 249 g/mol. The Kier molecular flexibility index (Phi) is 3.29. The lowest BCUT2D eigenvalue weighted by Crippen LogP contribution is -2.14. The van der Waals surface area contributed by atoms with Gasteiger partial charge in [0.25, 0.3) is 5.91 Å². The SMILES string of the molecule is CNc1cncc(C(=O)Nc2ncc(C)s2)n1. The second-order valence-electron chi connectivity index (χ2n) is 3.27. The van der Waals surface area contributed by atoms with Gasteiger partial charge >= 0.3 is 0 Å². The van der Waals surface area contributed by atoms with Gasteiger partial charge in [0, 0.05) is 18.1 Å². The molecule has 6 nitrogen and oxygen atoms in total. The van der Waals surface area contributed by atoms with Crippen LogP contribution in [0.2, 0.25) is 0 Å². The van der Waals surface area contributed by atoms with E-state index in [1.165, 1.54) is 17.5 Å². The summed E-state index contributed by atoms with van der Waals surface area (Å²) in [6, 6.07) is 0. The Morgan fingerprint density at radius 3 is 2.82 bits per heavy atom. The third-order valence-electron chi connectivity index (χ3n) is 1.97. The summed E-state index contributed by atoms with van der Waals surface area (Å²) in [6.45, 7) is 1.93. The van der Waals surface area contributed by atoms with Crippen LogP contribution in [0, 0.1) is 6.92 Å². The van der Waals surface area contributed by atoms with E-state index >= 15 is 0 Å². The maximum atomic E-state index is 11.8. The molecule has 0 saturated carbocycles. The fourth-order valence-electron chi connectivity index (χ4n) is 1.17. The molecule has 0 aliphatic rings. The van der Waals surface area contributed by atoms with Crippen molar-refractivity contribution in [1.29, 1.82) is 0 Å². The number of carbonyl (C=O) groups excluding carboxylic acids is 1. The quantitative estimate of drug-likeness (QED) is 0.862. The van der Waals surface area contributed by atoms with Crippen molar-refractivity contribution in [1.82, 2.24) is 15.0 Å². The van der Waals surface area contributed by atoms with Crippen LogP contribution in [0.15, 0.2) is 18.6 Å². The normalized spacial score (nSPS) is 10.0. The summed E-state index contributed by atoms with van der Waals surface area (Å²) in [5.74, 6) is 0.233. The average Bonchev–Trinajstić information content (AvgIpc) is 2.75. The molecule has 0 fully saturated rings. The maximum Gasteiger partial charge on any atom is 0.277 e. The van der Waals surface area contributed by atoms with E-state index in [1.54, 1.807) is 19.4 Å². The first kappa shape index (κ1) is 11.5. The van der Waals surface area contributed by atoms with Gasteiger partial charge < -0.3 is 5.32 Å². The first-order valence-corrected chi connectivity index (χ1v) is 5.74. The van der Waals surface area contributed by atoms with E-state index in [9.17, 15) is 4.79 Å². The number of hydrogen-bond donors (Lipinski definition) is 2. The number of amides is 1. The van der Waals surface area contributed by atoms with Gasteiger partial charge in [0.15, 0.2) is 5.13 Å². The highest BCUT2D eigenvalue weighted by atomic mass is 32.1. The second-order valence-corrected chi connectivity index (χ2v) is 4.50. The third-order valence-corrected chi connectivity index (χ3v) is 2.79. The standard InChI is InChI=1S/C10H11N5OS/c1-6-3-13-10(17-6)15-9(16)7-4-12-5-8(11-2)14-7/h3-5H,1-2H3,(H,11,14)(H,13,15,16). The molecule has 88 valence electrons. The number of aromatic nitrogens is 3. The molecule has 0 unspecified atom stereocenters. The van der Waals surface area contributed by atoms with Crippen molar-refractivity contribution in [3.8, 4) is 0 Å². The van der Waals surface area contributed by atoms with Crippen LogP contribution in [0.4, 0.5) is 10.9 Å². The second kappa shape index (κ2) is 4.88. The maximum absolute atomic E-state index is 11.8. The predicted molar refractivity (Wildman–Crippen MR) is 66.4 cm³/mol. The minimum Gasteiger partial charge on any atom is -0.372 e. The summed E-state index contributed by atoms with van der Waals surface area (Å²) in [5.41, 5.74) is 0.254. The lowest BCUT2D eigenvalue weighted by atomic mass is 10.4. The Balaban J connectivity index is 2.14. The van der Waals surface area contributed by atoms with Gasteiger partial charge in [0.05, 0.1) is 12.4 Å². The first-order chi connectivity index (χ1) is 8.19. The van der Waals surface area contributed by atoms with E-state index < -0.39 is 0 Å². The number of anilines is 2. The third kappa shape index (κ3) is 2.76. The van der Waals surface area contributed by atoms with E-state index in [1.807, 2.05) is 6.92 Å². The smallest absolute Gasteiger partial charge is 0.277 e. The molecule has 0 aliphatic heterocycles. The zero-order valence-corrected chi connectivity index (χ0v) is 10.2. The number of nitrogens with zero attached hydrogens (tertiary/aromatic N) is 3. The number of rotatable bonds is 3. The molecule has 0 bridgehead atoms. The summed E-state index contributed by atoms with van der Waals surface area (Å²) < 4.78 is 0. The number of nitrogens with one attached hydrogen (secondary N) is 2. The van der Waals surface area contributed by atoms with Crippen molar-refractivity contribution in [2.24, 2.45) is 0 Å². The van der Waals surface area contributed by atoms with E-state index in [-0.39, 0.29) is 11.6 Å². The van der Waals surface area contributed by atoms with Gasteiger partial charge in [-0.3, -0.25) is 15.1 Å². The van der Waals surface area contributed by atoms with Crippen LogP contribution < -0.4 is 10.6 Å². The molecular formula is C10H11N5OS. The van der Waals surface area contributed by atoms with E-state index in [0.29, 0.717) is 10.9 Å². The minimum absolute atomic E-state index is 0.254. The lowest BCUT2D eigenvalue weighted by molar-refractivity contribution is 0.102. The predicted octanol–water partition coefficient (Wildman–Crippen LogP) is 1.54. The zero-order chi connectivity index (χ0) is 12.3. The van der Waals surface area contributed by atoms with Crippen molar-refractivity contribution in [2.45, 2.75) is 6.92 Å². The topological polar surface area (TPSA) is 79.8 Å².